The first kappa shape index (κ1) is 44.1. The van der Waals surface area contributed by atoms with Gasteiger partial charge in [-0.15, -0.1) is 0 Å². The van der Waals surface area contributed by atoms with E-state index < -0.39 is 76.4 Å². The fraction of sp³-hybridized carbons (Fsp3) is 0.886. The molecule has 3 N–H and O–H groups in total. The maximum absolute atomic E-state index is 14.0. The van der Waals surface area contributed by atoms with Crippen LogP contribution in [0.4, 0.5) is 4.79 Å². The molecule has 48 heavy (non-hydrogen) atoms. The zero-order chi connectivity index (χ0) is 37.7. The highest BCUT2D eigenvalue weighted by Gasteiger charge is 2.52. The van der Waals surface area contributed by atoms with E-state index in [9.17, 15) is 24.3 Å². The van der Waals surface area contributed by atoms with Gasteiger partial charge in [0.2, 0.25) is 28.4 Å². The number of amides is 3. The summed E-state index contributed by atoms with van der Waals surface area (Å²) in [5.41, 5.74) is 0.632. The molecule has 280 valence electrons. The molecule has 1 rings (SSSR count). The van der Waals surface area contributed by atoms with Crippen molar-refractivity contribution < 1.29 is 37.9 Å². The smallest absolute Gasteiger partial charge is 0.408 e. The summed E-state index contributed by atoms with van der Waals surface area (Å²) in [5, 5.41) is 15.8. The van der Waals surface area contributed by atoms with Crippen LogP contribution in [0.25, 0.3) is 0 Å². The zero-order valence-electron chi connectivity index (χ0n) is 33.0. The molecular formula is C35H69N3O8Si2. The second kappa shape index (κ2) is 17.3. The van der Waals surface area contributed by atoms with Crippen LogP contribution in [0.1, 0.15) is 124 Å². The zero-order valence-corrected chi connectivity index (χ0v) is 35.0. The Morgan fingerprint density at radius 2 is 1.17 bits per heavy atom. The van der Waals surface area contributed by atoms with Crippen molar-refractivity contribution in [1.29, 1.82) is 0 Å². The van der Waals surface area contributed by atoms with Crippen molar-refractivity contribution in [2.24, 2.45) is 0 Å². The van der Waals surface area contributed by atoms with Gasteiger partial charge in [0.1, 0.15) is 17.7 Å². The van der Waals surface area contributed by atoms with Crippen LogP contribution in [-0.2, 0) is 28.0 Å². The van der Waals surface area contributed by atoms with E-state index in [-0.39, 0.29) is 39.8 Å². The summed E-state index contributed by atoms with van der Waals surface area (Å²) >= 11 is 0. The Bertz CT molecular complexity index is 1060. The molecule has 3 amide bonds. The Balaban J connectivity index is 3.39. The molecule has 0 aliphatic carbocycles. The Kier molecular flexibility index (Phi) is 15.9. The van der Waals surface area contributed by atoms with Crippen LogP contribution in [0, 0.1) is 0 Å². The average Bonchev–Trinajstić information content (AvgIpc) is 3.34. The van der Waals surface area contributed by atoms with Crippen LogP contribution in [0.2, 0.25) is 33.2 Å². The molecule has 0 aromatic rings. The Hall–Kier alpha value is -1.97. The molecule has 1 aliphatic rings. The van der Waals surface area contributed by atoms with Gasteiger partial charge in [0, 0.05) is 6.54 Å². The molecule has 1 aliphatic heterocycles. The van der Waals surface area contributed by atoms with E-state index in [4.69, 9.17) is 13.6 Å². The summed E-state index contributed by atoms with van der Waals surface area (Å²) in [6.07, 6.45) is -1.77. The number of carboxylic acids is 1. The van der Waals surface area contributed by atoms with E-state index in [1.165, 1.54) is 11.8 Å². The second-order valence-electron chi connectivity index (χ2n) is 16.6. The topological polar surface area (TPSA) is 144 Å². The van der Waals surface area contributed by atoms with Crippen molar-refractivity contribution in [1.82, 2.24) is 15.5 Å². The van der Waals surface area contributed by atoms with Crippen molar-refractivity contribution in [2.45, 2.75) is 193 Å². The molecule has 0 aromatic carbocycles. The standard InChI is InChI=1S/C35H69N3O8Si2/c1-20(2)47(21(3)4,22(5)6)45-27(14)29(37-34(43)44-35(15,16)17)31(39)36-26(13)32(40)38-19-18-28(30(38)33(41)42)46-48(23(7)8,24(9)10)25(11)12/h20-30H,18-19H2,1-17H3,(H,36,39)(H,37,43)(H,41,42)/t26-,27-,28+,29-,30+/m1/s1. The van der Waals surface area contributed by atoms with Crippen LogP contribution < -0.4 is 10.6 Å². The van der Waals surface area contributed by atoms with Crippen molar-refractivity contribution in [3.63, 3.8) is 0 Å². The van der Waals surface area contributed by atoms with Crippen molar-refractivity contribution in [2.75, 3.05) is 6.54 Å². The van der Waals surface area contributed by atoms with Gasteiger partial charge in [0.15, 0.2) is 6.04 Å². The number of nitrogens with one attached hydrogen (secondary N) is 2. The lowest BCUT2D eigenvalue weighted by molar-refractivity contribution is -0.151. The van der Waals surface area contributed by atoms with Crippen LogP contribution in [0.5, 0.6) is 0 Å². The highest BCUT2D eigenvalue weighted by molar-refractivity contribution is 6.78. The number of nitrogens with zero attached hydrogens (tertiary/aromatic N) is 1. The van der Waals surface area contributed by atoms with Gasteiger partial charge >= 0.3 is 12.1 Å². The largest absolute Gasteiger partial charge is 0.480 e. The molecule has 0 aromatic heterocycles. The van der Waals surface area contributed by atoms with E-state index in [0.29, 0.717) is 6.42 Å². The third kappa shape index (κ3) is 10.1. The number of carbonyl (C=O) groups excluding carboxylic acids is 3. The molecule has 5 atom stereocenters. The molecule has 0 saturated carbocycles. The summed E-state index contributed by atoms with van der Waals surface area (Å²) in [5.74, 6) is -2.27. The van der Waals surface area contributed by atoms with Gasteiger partial charge in [-0.05, 0) is 74.3 Å². The normalized spacial score (nSPS) is 19.8. The number of carbonyl (C=O) groups is 4. The number of rotatable bonds is 16. The SMILES string of the molecule is CC(C)[Si](O[C@H]1CCN(C(=O)[C@@H](C)NC(=O)[C@H](NC(=O)OC(C)(C)C)[C@@H](C)O[Si](C(C)C)(C(C)C)C(C)C)[C@@H]1C(=O)O)(C(C)C)C(C)C. The van der Waals surface area contributed by atoms with Gasteiger partial charge in [-0.1, -0.05) is 83.1 Å². The molecule has 1 heterocycles. The minimum atomic E-state index is -2.48. The van der Waals surface area contributed by atoms with Gasteiger partial charge in [-0.25, -0.2) is 9.59 Å². The average molecular weight is 716 g/mol. The van der Waals surface area contributed by atoms with Crippen LogP contribution in [-0.4, -0.2) is 93.0 Å². The Morgan fingerprint density at radius 1 is 0.729 bits per heavy atom. The molecule has 1 saturated heterocycles. The molecule has 1 fully saturated rings. The first-order valence-corrected chi connectivity index (χ1v) is 22.2. The minimum Gasteiger partial charge on any atom is -0.480 e. The van der Waals surface area contributed by atoms with E-state index in [2.05, 4.69) is 93.7 Å². The summed E-state index contributed by atoms with van der Waals surface area (Å²) in [7, 11) is -4.91. The molecule has 0 unspecified atom stereocenters. The first-order valence-electron chi connectivity index (χ1n) is 18.0. The Morgan fingerprint density at radius 3 is 1.54 bits per heavy atom. The van der Waals surface area contributed by atoms with E-state index in [0.717, 1.165) is 0 Å². The lowest BCUT2D eigenvalue weighted by Crippen LogP contribution is -2.61. The number of alkyl carbamates (subject to hydrolysis) is 1. The maximum Gasteiger partial charge on any atom is 0.408 e. The molecule has 11 nitrogen and oxygen atoms in total. The molecule has 0 bridgehead atoms. The van der Waals surface area contributed by atoms with Gasteiger partial charge in [-0.3, -0.25) is 9.59 Å². The lowest BCUT2D eigenvalue weighted by atomic mass is 10.1. The van der Waals surface area contributed by atoms with Crippen molar-refractivity contribution in [3.8, 4) is 0 Å². The van der Waals surface area contributed by atoms with E-state index in [1.54, 1.807) is 27.7 Å². The number of carboxylic acid groups (broad SMARTS) is 1. The monoisotopic (exact) mass is 715 g/mol. The fourth-order valence-electron chi connectivity index (χ4n) is 8.34. The molecular weight excluding hydrogens is 647 g/mol. The number of hydrogen-bond donors (Lipinski definition) is 3. The molecule has 0 radical (unpaired) electrons. The van der Waals surface area contributed by atoms with Gasteiger partial charge in [0.25, 0.3) is 0 Å². The summed E-state index contributed by atoms with van der Waals surface area (Å²) in [4.78, 5) is 54.8. The van der Waals surface area contributed by atoms with Crippen LogP contribution in [0.15, 0.2) is 0 Å². The first-order chi connectivity index (χ1) is 21.8. The predicted molar refractivity (Wildman–Crippen MR) is 196 cm³/mol. The quantitative estimate of drug-likeness (QED) is 0.142. The highest BCUT2D eigenvalue weighted by atomic mass is 28.4. The van der Waals surface area contributed by atoms with Crippen LogP contribution in [0.3, 0.4) is 0 Å². The highest BCUT2D eigenvalue weighted by Crippen LogP contribution is 2.45. The fourth-order valence-corrected chi connectivity index (χ4v) is 19.5. The third-order valence-electron chi connectivity index (χ3n) is 10.2. The number of ether oxygens (including phenoxy) is 1. The van der Waals surface area contributed by atoms with Gasteiger partial charge in [-0.2, -0.15) is 0 Å². The van der Waals surface area contributed by atoms with Crippen molar-refractivity contribution in [3.05, 3.63) is 0 Å². The summed E-state index contributed by atoms with van der Waals surface area (Å²) in [6.45, 7) is 34.4. The third-order valence-corrected chi connectivity index (χ3v) is 22.5. The second-order valence-corrected chi connectivity index (χ2v) is 27.4. The minimum absolute atomic E-state index is 0.198. The number of hydrogen-bond acceptors (Lipinski definition) is 7. The lowest BCUT2D eigenvalue weighted by Gasteiger charge is -2.45. The summed E-state index contributed by atoms with van der Waals surface area (Å²) < 4.78 is 19.2. The number of likely N-dealkylation sites (tertiary alicyclic amines) is 1. The predicted octanol–water partition coefficient (Wildman–Crippen LogP) is 7.21. The maximum atomic E-state index is 14.0. The Labute approximate surface area is 293 Å². The van der Waals surface area contributed by atoms with Crippen LogP contribution >= 0.6 is 0 Å². The van der Waals surface area contributed by atoms with Gasteiger partial charge < -0.3 is 34.2 Å². The number of aliphatic carboxylic acids is 1. The molecule has 13 heteroatoms. The van der Waals surface area contributed by atoms with Gasteiger partial charge in [0.05, 0.1) is 12.2 Å². The summed E-state index contributed by atoms with van der Waals surface area (Å²) in [6, 6.07) is -3.41. The van der Waals surface area contributed by atoms with E-state index >= 15 is 0 Å². The van der Waals surface area contributed by atoms with E-state index in [1.807, 2.05) is 0 Å². The van der Waals surface area contributed by atoms with Crippen molar-refractivity contribution >= 4 is 40.5 Å². The molecule has 0 spiro atoms.